The van der Waals surface area contributed by atoms with Crippen molar-refractivity contribution in [1.82, 2.24) is 9.97 Å². The van der Waals surface area contributed by atoms with Crippen molar-refractivity contribution in [2.45, 2.75) is 0 Å². The van der Waals surface area contributed by atoms with Crippen LogP contribution in [0, 0.1) is 0 Å². The van der Waals surface area contributed by atoms with Crippen molar-refractivity contribution in [3.63, 3.8) is 0 Å². The number of benzene rings is 1. The summed E-state index contributed by atoms with van der Waals surface area (Å²) in [6.45, 7) is 0. The molecular formula is C10H8N4. The zero-order valence-corrected chi connectivity index (χ0v) is 7.36. The van der Waals surface area contributed by atoms with E-state index in [0.29, 0.717) is 0 Å². The van der Waals surface area contributed by atoms with Crippen LogP contribution in [-0.4, -0.2) is 16.2 Å². The molecule has 0 amide bonds. The van der Waals surface area contributed by atoms with Gasteiger partial charge in [0.05, 0.1) is 17.5 Å². The third-order valence-electron chi connectivity index (χ3n) is 2.24. The normalized spacial score (nSPS) is 13.7. The molecule has 68 valence electrons. The monoisotopic (exact) mass is 184 g/mol. The summed E-state index contributed by atoms with van der Waals surface area (Å²) in [4.78, 5) is 7.31. The number of fused-ring (bicyclic) bond motifs is 3. The number of hydrogen-bond donors (Lipinski definition) is 2. The number of allylic oxidation sites excluding steroid dienone is 1. The molecule has 0 saturated carbocycles. The van der Waals surface area contributed by atoms with Gasteiger partial charge in [0.1, 0.15) is 5.52 Å². The molecule has 1 aromatic carbocycles. The van der Waals surface area contributed by atoms with Crippen LogP contribution in [0.2, 0.25) is 0 Å². The van der Waals surface area contributed by atoms with E-state index in [1.807, 2.05) is 24.3 Å². The molecule has 0 bridgehead atoms. The van der Waals surface area contributed by atoms with Crippen molar-refractivity contribution in [2.24, 2.45) is 5.10 Å². The van der Waals surface area contributed by atoms with Crippen LogP contribution in [-0.2, 0) is 0 Å². The van der Waals surface area contributed by atoms with Crippen molar-refractivity contribution < 1.29 is 0 Å². The Morgan fingerprint density at radius 2 is 2.21 bits per heavy atom. The first-order valence-corrected chi connectivity index (χ1v) is 4.37. The van der Waals surface area contributed by atoms with Crippen LogP contribution in [0.25, 0.3) is 17.1 Å². The first-order valence-electron chi connectivity index (χ1n) is 4.37. The second-order valence-electron chi connectivity index (χ2n) is 3.08. The van der Waals surface area contributed by atoms with Crippen molar-refractivity contribution >= 4 is 29.0 Å². The highest BCUT2D eigenvalue weighted by molar-refractivity contribution is 5.96. The number of aromatic amines is 1. The van der Waals surface area contributed by atoms with Gasteiger partial charge in [-0.15, -0.1) is 0 Å². The zero-order chi connectivity index (χ0) is 9.38. The minimum absolute atomic E-state index is 0.922. The van der Waals surface area contributed by atoms with Crippen LogP contribution in [0.1, 0.15) is 5.56 Å². The lowest BCUT2D eigenvalue weighted by Crippen LogP contribution is -1.91. The maximum absolute atomic E-state index is 4.25. The fourth-order valence-electron chi connectivity index (χ4n) is 1.57. The standard InChI is InChI=1S/C10H8N4/c1-2-7-3-4-8-10(12-6-11-8)9(7)14-13-5-1/h1-6,14H,(H,11,12). The van der Waals surface area contributed by atoms with Crippen LogP contribution in [0.3, 0.4) is 0 Å². The van der Waals surface area contributed by atoms with Gasteiger partial charge in [-0.1, -0.05) is 12.1 Å². The second kappa shape index (κ2) is 2.70. The number of hydrogen-bond acceptors (Lipinski definition) is 3. The second-order valence-corrected chi connectivity index (χ2v) is 3.08. The summed E-state index contributed by atoms with van der Waals surface area (Å²) in [6.07, 6.45) is 7.31. The molecule has 0 saturated heterocycles. The number of rotatable bonds is 0. The van der Waals surface area contributed by atoms with Gasteiger partial charge in [-0.3, -0.25) is 5.43 Å². The lowest BCUT2D eigenvalue weighted by Gasteiger charge is -2.03. The first-order chi connectivity index (χ1) is 6.95. The number of aromatic nitrogens is 2. The smallest absolute Gasteiger partial charge is 0.114 e. The van der Waals surface area contributed by atoms with E-state index in [-0.39, 0.29) is 0 Å². The Balaban J connectivity index is 2.38. The molecule has 0 aliphatic carbocycles. The van der Waals surface area contributed by atoms with Crippen LogP contribution in [0.15, 0.2) is 29.6 Å². The molecule has 3 rings (SSSR count). The van der Waals surface area contributed by atoms with Gasteiger partial charge < -0.3 is 4.98 Å². The number of H-pyrrole nitrogens is 1. The number of imidazole rings is 1. The minimum atomic E-state index is 0.922. The summed E-state index contributed by atoms with van der Waals surface area (Å²) in [7, 11) is 0. The molecule has 0 unspecified atom stereocenters. The lowest BCUT2D eigenvalue weighted by molar-refractivity contribution is 1.33. The Morgan fingerprint density at radius 1 is 1.21 bits per heavy atom. The predicted octanol–water partition coefficient (Wildman–Crippen LogP) is 1.99. The van der Waals surface area contributed by atoms with E-state index >= 15 is 0 Å². The Hall–Kier alpha value is -2.10. The summed E-state index contributed by atoms with van der Waals surface area (Å²) >= 11 is 0. The van der Waals surface area contributed by atoms with E-state index in [1.54, 1.807) is 12.5 Å². The molecule has 2 aromatic rings. The molecule has 0 atom stereocenters. The Kier molecular flexibility index (Phi) is 1.41. The zero-order valence-electron chi connectivity index (χ0n) is 7.36. The molecule has 2 heterocycles. The Morgan fingerprint density at radius 3 is 3.21 bits per heavy atom. The number of nitrogens with zero attached hydrogens (tertiary/aromatic N) is 2. The van der Waals surface area contributed by atoms with E-state index < -0.39 is 0 Å². The molecule has 0 fully saturated rings. The molecule has 2 N–H and O–H groups in total. The number of hydrazone groups is 1. The molecule has 4 nitrogen and oxygen atoms in total. The van der Waals surface area contributed by atoms with Crippen LogP contribution in [0.5, 0.6) is 0 Å². The van der Waals surface area contributed by atoms with Gasteiger partial charge in [-0.2, -0.15) is 5.10 Å². The molecule has 1 aliphatic rings. The Labute approximate surface area is 80.4 Å². The number of anilines is 1. The van der Waals surface area contributed by atoms with Gasteiger partial charge in [0.15, 0.2) is 0 Å². The van der Waals surface area contributed by atoms with Gasteiger partial charge >= 0.3 is 0 Å². The first kappa shape index (κ1) is 7.32. The van der Waals surface area contributed by atoms with Crippen LogP contribution >= 0.6 is 0 Å². The minimum Gasteiger partial charge on any atom is -0.345 e. The van der Waals surface area contributed by atoms with Gasteiger partial charge in [0.2, 0.25) is 0 Å². The summed E-state index contributed by atoms with van der Waals surface area (Å²) in [5, 5.41) is 4.03. The van der Waals surface area contributed by atoms with Gasteiger partial charge in [-0.25, -0.2) is 4.98 Å². The molecule has 14 heavy (non-hydrogen) atoms. The molecule has 1 aromatic heterocycles. The van der Waals surface area contributed by atoms with E-state index in [2.05, 4.69) is 20.5 Å². The van der Waals surface area contributed by atoms with Gasteiger partial charge in [-0.05, 0) is 12.1 Å². The summed E-state index contributed by atoms with van der Waals surface area (Å²) in [5.41, 5.74) is 6.97. The van der Waals surface area contributed by atoms with Gasteiger partial charge in [0, 0.05) is 11.8 Å². The molecule has 0 spiro atoms. The molecule has 4 heteroatoms. The van der Waals surface area contributed by atoms with Crippen molar-refractivity contribution in [1.29, 1.82) is 0 Å². The Bertz CT molecular complexity index is 536. The van der Waals surface area contributed by atoms with Gasteiger partial charge in [0.25, 0.3) is 0 Å². The van der Waals surface area contributed by atoms with Crippen LogP contribution in [0.4, 0.5) is 5.69 Å². The SMILES string of the molecule is C1=Cc2ccc3[nH]cnc3c2NN=C1. The van der Waals surface area contributed by atoms with E-state index in [0.717, 1.165) is 22.3 Å². The largest absolute Gasteiger partial charge is 0.345 e. The lowest BCUT2D eigenvalue weighted by atomic mass is 10.1. The average Bonchev–Trinajstić information content (AvgIpc) is 2.55. The highest BCUT2D eigenvalue weighted by Crippen LogP contribution is 2.26. The number of nitrogens with one attached hydrogen (secondary N) is 2. The van der Waals surface area contributed by atoms with Crippen molar-refractivity contribution in [3.8, 4) is 0 Å². The van der Waals surface area contributed by atoms with Crippen molar-refractivity contribution in [2.75, 3.05) is 5.43 Å². The molecule has 1 aliphatic heterocycles. The van der Waals surface area contributed by atoms with Crippen LogP contribution < -0.4 is 5.43 Å². The molecular weight excluding hydrogens is 176 g/mol. The third-order valence-corrected chi connectivity index (χ3v) is 2.24. The summed E-state index contributed by atoms with van der Waals surface area (Å²) in [5.74, 6) is 0. The fraction of sp³-hybridized carbons (Fsp3) is 0. The summed E-state index contributed by atoms with van der Waals surface area (Å²) in [6, 6.07) is 4.05. The maximum Gasteiger partial charge on any atom is 0.114 e. The summed E-state index contributed by atoms with van der Waals surface area (Å²) < 4.78 is 0. The predicted molar refractivity (Wildman–Crippen MR) is 57.2 cm³/mol. The van der Waals surface area contributed by atoms with E-state index in [1.165, 1.54) is 0 Å². The third kappa shape index (κ3) is 0.939. The fourth-order valence-corrected chi connectivity index (χ4v) is 1.57. The van der Waals surface area contributed by atoms with E-state index in [4.69, 9.17) is 0 Å². The molecule has 0 radical (unpaired) electrons. The van der Waals surface area contributed by atoms with Crippen molar-refractivity contribution in [3.05, 3.63) is 30.1 Å². The highest BCUT2D eigenvalue weighted by atomic mass is 15.3. The quantitative estimate of drug-likeness (QED) is 0.657. The topological polar surface area (TPSA) is 53.1 Å². The average molecular weight is 184 g/mol. The van der Waals surface area contributed by atoms with E-state index in [9.17, 15) is 0 Å². The highest BCUT2D eigenvalue weighted by Gasteiger charge is 2.07. The maximum atomic E-state index is 4.25.